The van der Waals surface area contributed by atoms with E-state index < -0.39 is 0 Å². The van der Waals surface area contributed by atoms with Crippen molar-refractivity contribution in [2.45, 2.75) is 111 Å². The molecule has 0 radical (unpaired) electrons. The van der Waals surface area contributed by atoms with E-state index in [0.29, 0.717) is 23.0 Å². The largest absolute Gasteiger partial charge is 0.506 e. The highest BCUT2D eigenvalue weighted by atomic mass is 16.5. The molecule has 2 aromatic rings. The molecule has 1 N–H and O–H groups in total. The summed E-state index contributed by atoms with van der Waals surface area (Å²) in [4.78, 5) is 8.97. The zero-order valence-electron chi connectivity index (χ0n) is 25.9. The van der Waals surface area contributed by atoms with Gasteiger partial charge in [-0.3, -0.25) is 9.98 Å². The van der Waals surface area contributed by atoms with Crippen LogP contribution in [-0.4, -0.2) is 29.0 Å². The number of pyridine rings is 1. The van der Waals surface area contributed by atoms with Crippen molar-refractivity contribution >= 4 is 22.8 Å². The van der Waals surface area contributed by atoms with Crippen molar-refractivity contribution in [3.63, 3.8) is 0 Å². The molecule has 0 spiro atoms. The Morgan fingerprint density at radius 1 is 1.07 bits per heavy atom. The van der Waals surface area contributed by atoms with Crippen molar-refractivity contribution in [2.75, 3.05) is 6.61 Å². The van der Waals surface area contributed by atoms with Gasteiger partial charge in [-0.1, -0.05) is 58.6 Å². The number of hydrogen-bond acceptors (Lipinski definition) is 4. The number of hydrogen-bond donors (Lipinski definition) is 1. The SMILES string of the molecule is CC(C)CCCC[C@H]1CCC2C3CC=C4C[C@@H](OCC=Nc5ccc(O)c6ncccc56)CCC4(C)C3CCC21C. The molecule has 5 unspecified atom stereocenters. The van der Waals surface area contributed by atoms with E-state index in [0.717, 1.165) is 53.5 Å². The van der Waals surface area contributed by atoms with Gasteiger partial charge in [0, 0.05) is 17.8 Å². The smallest absolute Gasteiger partial charge is 0.141 e. The zero-order valence-corrected chi connectivity index (χ0v) is 25.9. The fourth-order valence-electron chi connectivity index (χ4n) is 9.87. The molecule has 7 atom stereocenters. The van der Waals surface area contributed by atoms with Gasteiger partial charge in [0.1, 0.15) is 11.3 Å². The standard InChI is InChI=1S/C37H52N2O2/c1-25(2)8-5-6-9-26-12-14-31-29-13-11-27-24-28(17-19-37(27,4)32(29)18-20-36(26,31)3)41-23-22-38-33-15-16-34(40)35-30(33)10-7-21-39-35/h7,10-11,15-16,21-22,25-26,28-29,31-32,40H,5-6,8-9,12-14,17-20,23-24H2,1-4H3/t26-,28-,29?,31?,32?,36?,37?/m0/s1. The summed E-state index contributed by atoms with van der Waals surface area (Å²) in [6.45, 7) is 10.6. The molecule has 4 heteroatoms. The van der Waals surface area contributed by atoms with Crippen LogP contribution in [0.1, 0.15) is 105 Å². The second kappa shape index (κ2) is 11.8. The number of ether oxygens (including phenoxy) is 1. The molecule has 3 saturated carbocycles. The molecule has 6 rings (SSSR count). The Kier molecular flexibility index (Phi) is 8.33. The van der Waals surface area contributed by atoms with Crippen molar-refractivity contribution in [3.05, 3.63) is 42.1 Å². The van der Waals surface area contributed by atoms with Crippen molar-refractivity contribution in [1.29, 1.82) is 0 Å². The predicted octanol–water partition coefficient (Wildman–Crippen LogP) is 9.82. The average molecular weight is 557 g/mol. The highest BCUT2D eigenvalue weighted by Crippen LogP contribution is 2.66. The second-order valence-electron chi connectivity index (χ2n) is 14.8. The van der Waals surface area contributed by atoms with Gasteiger partial charge in [-0.05, 0) is 122 Å². The highest BCUT2D eigenvalue weighted by molar-refractivity contribution is 5.94. The van der Waals surface area contributed by atoms with E-state index in [-0.39, 0.29) is 11.9 Å². The lowest BCUT2D eigenvalue weighted by Crippen LogP contribution is -2.50. The quantitative estimate of drug-likeness (QED) is 0.190. The molecule has 0 bridgehead atoms. The van der Waals surface area contributed by atoms with Crippen LogP contribution < -0.4 is 0 Å². The molecule has 4 aliphatic rings. The van der Waals surface area contributed by atoms with E-state index in [4.69, 9.17) is 4.74 Å². The predicted molar refractivity (Wildman–Crippen MR) is 170 cm³/mol. The minimum atomic E-state index is 0.191. The normalized spacial score (nSPS) is 35.0. The maximum Gasteiger partial charge on any atom is 0.141 e. The summed E-state index contributed by atoms with van der Waals surface area (Å²) < 4.78 is 6.38. The number of phenolic OH excluding ortho intramolecular Hbond substituents is 1. The first-order valence-corrected chi connectivity index (χ1v) is 16.7. The Bertz CT molecular complexity index is 1280. The number of allylic oxidation sites excluding steroid dienone is 1. The Balaban J connectivity index is 1.06. The maximum absolute atomic E-state index is 10.1. The topological polar surface area (TPSA) is 54.7 Å². The van der Waals surface area contributed by atoms with E-state index in [1.54, 1.807) is 17.8 Å². The van der Waals surface area contributed by atoms with Crippen LogP contribution in [0.15, 0.2) is 47.1 Å². The summed E-state index contributed by atoms with van der Waals surface area (Å²) in [5.74, 6) is 4.68. The first-order valence-electron chi connectivity index (χ1n) is 16.7. The fraction of sp³-hybridized carbons (Fsp3) is 0.676. The number of rotatable bonds is 9. The van der Waals surface area contributed by atoms with Crippen LogP contribution in [0, 0.1) is 40.4 Å². The Hall–Kier alpha value is -2.20. The van der Waals surface area contributed by atoms with Gasteiger partial charge < -0.3 is 9.84 Å². The van der Waals surface area contributed by atoms with Crippen molar-refractivity contribution in [3.8, 4) is 5.75 Å². The Morgan fingerprint density at radius 3 is 2.80 bits per heavy atom. The third kappa shape index (κ3) is 5.51. The zero-order chi connectivity index (χ0) is 28.6. The number of unbranched alkanes of at least 4 members (excludes halogenated alkanes) is 1. The molecule has 41 heavy (non-hydrogen) atoms. The summed E-state index contributed by atoms with van der Waals surface area (Å²) in [5, 5.41) is 11.0. The van der Waals surface area contributed by atoms with Gasteiger partial charge in [0.15, 0.2) is 0 Å². The van der Waals surface area contributed by atoms with Crippen molar-refractivity contribution < 1.29 is 9.84 Å². The molecule has 0 aliphatic heterocycles. The number of aromatic nitrogens is 1. The molecule has 4 aliphatic carbocycles. The molecular weight excluding hydrogens is 504 g/mol. The molecule has 1 aromatic heterocycles. The third-order valence-corrected chi connectivity index (χ3v) is 12.2. The van der Waals surface area contributed by atoms with Crippen LogP contribution >= 0.6 is 0 Å². The van der Waals surface area contributed by atoms with Gasteiger partial charge in [0.2, 0.25) is 0 Å². The average Bonchev–Trinajstić information content (AvgIpc) is 3.30. The number of aromatic hydroxyl groups is 1. The summed E-state index contributed by atoms with van der Waals surface area (Å²) in [5.41, 5.74) is 4.05. The molecular formula is C37H52N2O2. The molecule has 0 amide bonds. The van der Waals surface area contributed by atoms with Crippen LogP contribution in [0.3, 0.4) is 0 Å². The Labute approximate surface area is 248 Å². The van der Waals surface area contributed by atoms with Crippen molar-refractivity contribution in [1.82, 2.24) is 4.98 Å². The lowest BCUT2D eigenvalue weighted by Gasteiger charge is -2.58. The van der Waals surface area contributed by atoms with Gasteiger partial charge in [-0.2, -0.15) is 0 Å². The van der Waals surface area contributed by atoms with E-state index in [2.05, 4.69) is 43.7 Å². The molecule has 222 valence electrons. The van der Waals surface area contributed by atoms with Crippen molar-refractivity contribution in [2.24, 2.45) is 45.4 Å². The number of aliphatic imine (C=N–C) groups is 1. The molecule has 1 heterocycles. The van der Waals surface area contributed by atoms with Gasteiger partial charge >= 0.3 is 0 Å². The molecule has 4 nitrogen and oxygen atoms in total. The van der Waals surface area contributed by atoms with E-state index in [1.807, 2.05) is 24.4 Å². The molecule has 0 saturated heterocycles. The van der Waals surface area contributed by atoms with Crippen LogP contribution in [0.2, 0.25) is 0 Å². The summed E-state index contributed by atoms with van der Waals surface area (Å²) >= 11 is 0. The second-order valence-corrected chi connectivity index (χ2v) is 14.8. The van der Waals surface area contributed by atoms with Gasteiger partial charge in [-0.25, -0.2) is 0 Å². The van der Waals surface area contributed by atoms with Gasteiger partial charge in [0.05, 0.1) is 18.4 Å². The number of nitrogens with zero attached hydrogens (tertiary/aromatic N) is 2. The van der Waals surface area contributed by atoms with Gasteiger partial charge in [-0.15, -0.1) is 0 Å². The van der Waals surface area contributed by atoms with E-state index in [9.17, 15) is 5.11 Å². The molecule has 1 aromatic carbocycles. The number of phenols is 1. The highest BCUT2D eigenvalue weighted by Gasteiger charge is 2.58. The summed E-state index contributed by atoms with van der Waals surface area (Å²) in [7, 11) is 0. The lowest BCUT2D eigenvalue weighted by molar-refractivity contribution is -0.0557. The number of fused-ring (bicyclic) bond motifs is 6. The number of benzene rings is 1. The minimum absolute atomic E-state index is 0.191. The van der Waals surface area contributed by atoms with Crippen LogP contribution in [-0.2, 0) is 4.74 Å². The minimum Gasteiger partial charge on any atom is -0.506 e. The van der Waals surface area contributed by atoms with Crippen LogP contribution in [0.25, 0.3) is 10.9 Å². The Morgan fingerprint density at radius 2 is 1.95 bits per heavy atom. The maximum atomic E-state index is 10.1. The monoisotopic (exact) mass is 556 g/mol. The first-order chi connectivity index (χ1) is 19.8. The third-order valence-electron chi connectivity index (χ3n) is 12.2. The van der Waals surface area contributed by atoms with Gasteiger partial charge in [0.25, 0.3) is 0 Å². The summed E-state index contributed by atoms with van der Waals surface area (Å²) in [6, 6.07) is 7.35. The van der Waals surface area contributed by atoms with Crippen LogP contribution in [0.5, 0.6) is 5.75 Å². The van der Waals surface area contributed by atoms with E-state index >= 15 is 0 Å². The van der Waals surface area contributed by atoms with Crippen LogP contribution in [0.4, 0.5) is 5.69 Å². The van der Waals surface area contributed by atoms with E-state index in [1.165, 1.54) is 64.2 Å². The molecule has 3 fully saturated rings. The summed E-state index contributed by atoms with van der Waals surface area (Å²) in [6.07, 6.45) is 22.9. The first kappa shape index (κ1) is 28.9. The fourth-order valence-corrected chi connectivity index (χ4v) is 9.87. The lowest BCUT2D eigenvalue weighted by atomic mass is 9.47.